The van der Waals surface area contributed by atoms with E-state index in [2.05, 4.69) is 49.8 Å². The number of para-hydroxylation sites is 2. The van der Waals surface area contributed by atoms with Crippen molar-refractivity contribution in [1.82, 2.24) is 24.1 Å². The molecule has 0 amide bonds. The van der Waals surface area contributed by atoms with Gasteiger partial charge in [-0.1, -0.05) is 53.9 Å². The van der Waals surface area contributed by atoms with Gasteiger partial charge in [0.2, 0.25) is 0 Å². The van der Waals surface area contributed by atoms with Crippen LogP contribution in [0.2, 0.25) is 0 Å². The number of halogens is 1. The Hall–Kier alpha value is -4.19. The fraction of sp³-hybridized carbons (Fsp3) is 0. The van der Waals surface area contributed by atoms with Gasteiger partial charge < -0.3 is 9.38 Å². The Bertz CT molecular complexity index is 1960. The van der Waals surface area contributed by atoms with Crippen molar-refractivity contribution in [2.75, 3.05) is 0 Å². The quantitative estimate of drug-likeness (QED) is 0.0901. The number of fused-ring (bicyclic) bond motifs is 6. The summed E-state index contributed by atoms with van der Waals surface area (Å²) in [6, 6.07) is 31.4. The van der Waals surface area contributed by atoms with E-state index < -0.39 is 5.95 Å². The summed E-state index contributed by atoms with van der Waals surface area (Å²) in [4.78, 5) is 8.73. The zero-order valence-electron chi connectivity index (χ0n) is 18.7. The van der Waals surface area contributed by atoms with Gasteiger partial charge in [0.15, 0.2) is 0 Å². The van der Waals surface area contributed by atoms with Crippen molar-refractivity contribution in [2.45, 2.75) is 0 Å². The number of imidazole rings is 1. The molecule has 0 saturated heterocycles. The average Bonchev–Trinajstić information content (AvgIpc) is 3.61. The first-order valence-electron chi connectivity index (χ1n) is 11.2. The average molecular weight is 646 g/mol. The Morgan fingerprint density at radius 2 is 1.61 bits per heavy atom. The third-order valence-corrected chi connectivity index (χ3v) is 6.23. The second-order valence-corrected chi connectivity index (χ2v) is 8.20. The minimum atomic E-state index is -0.525. The van der Waals surface area contributed by atoms with Crippen LogP contribution in [0.5, 0.6) is 0 Å². The smallest absolute Gasteiger partial charge is 0.126 e. The molecule has 0 fully saturated rings. The Balaban J connectivity index is 0.000000170. The van der Waals surface area contributed by atoms with Gasteiger partial charge in [0.25, 0.3) is 0 Å². The van der Waals surface area contributed by atoms with Gasteiger partial charge in [-0.3, -0.25) is 9.67 Å². The van der Waals surface area contributed by atoms with Crippen molar-refractivity contribution in [3.05, 3.63) is 116 Å². The molecule has 0 saturated carbocycles. The standard InChI is InChI=1S/C20H9FN3.C9H7N2.Ir/c21-17-9-8-15-18(23-17)14-7-3-6-13-11-4-1-2-5-12(11)16-10-22-20(15)24(16)19(13)14;1-2-5-9(6-3-1)11-8-4-7-10-11;/h1-7,9-10H;1-5,7-8H;/q2*-1;. The molecule has 0 unspecified atom stereocenters. The molecule has 3 aromatic carbocycles. The maximum Gasteiger partial charge on any atom is 0.126 e. The summed E-state index contributed by atoms with van der Waals surface area (Å²) in [6.07, 6.45) is 5.52. The molecule has 0 atom stereocenters. The fourth-order valence-electron chi connectivity index (χ4n) is 4.78. The second-order valence-electron chi connectivity index (χ2n) is 8.20. The van der Waals surface area contributed by atoms with Crippen LogP contribution in [-0.2, 0) is 20.1 Å². The molecule has 0 aliphatic carbocycles. The summed E-state index contributed by atoms with van der Waals surface area (Å²) >= 11 is 0. The third kappa shape index (κ3) is 3.36. The number of aromatic nitrogens is 5. The normalized spacial score (nSPS) is 11.2. The van der Waals surface area contributed by atoms with E-state index in [-0.39, 0.29) is 20.1 Å². The van der Waals surface area contributed by atoms with Gasteiger partial charge in [-0.2, -0.15) is 29.4 Å². The molecule has 7 heteroatoms. The molecule has 0 N–H and O–H groups in total. The number of hydrogen-bond donors (Lipinski definition) is 0. The predicted molar refractivity (Wildman–Crippen MR) is 135 cm³/mol. The minimum Gasteiger partial charge on any atom is -0.333 e. The van der Waals surface area contributed by atoms with Crippen LogP contribution in [0.3, 0.4) is 0 Å². The van der Waals surface area contributed by atoms with Crippen LogP contribution in [0.1, 0.15) is 0 Å². The molecule has 8 rings (SSSR count). The Kier molecular flexibility index (Phi) is 5.44. The fourth-order valence-corrected chi connectivity index (χ4v) is 4.78. The van der Waals surface area contributed by atoms with Crippen molar-refractivity contribution in [3.8, 4) is 5.69 Å². The number of nitrogens with zero attached hydrogens (tertiary/aromatic N) is 5. The van der Waals surface area contributed by atoms with Gasteiger partial charge in [0.05, 0.1) is 11.2 Å². The summed E-state index contributed by atoms with van der Waals surface area (Å²) in [5.41, 5.74) is 4.41. The van der Waals surface area contributed by atoms with Gasteiger partial charge in [-0.05, 0) is 28.0 Å². The third-order valence-electron chi connectivity index (χ3n) is 6.23. The van der Waals surface area contributed by atoms with E-state index in [1.54, 1.807) is 10.9 Å². The second kappa shape index (κ2) is 8.79. The molecule has 8 aromatic rings. The maximum atomic E-state index is 13.8. The van der Waals surface area contributed by atoms with E-state index in [0.29, 0.717) is 5.52 Å². The van der Waals surface area contributed by atoms with Gasteiger partial charge in [-0.25, -0.2) is 4.39 Å². The van der Waals surface area contributed by atoms with Gasteiger partial charge >= 0.3 is 0 Å². The molecule has 1 radical (unpaired) electrons. The van der Waals surface area contributed by atoms with Gasteiger partial charge in [0, 0.05) is 55.0 Å². The summed E-state index contributed by atoms with van der Waals surface area (Å²) < 4.78 is 17.7. The molecule has 5 nitrogen and oxygen atoms in total. The SMILES string of the molecule is Fc1c[c-]c2c(n1)c1cccc3c4ccccc4c4cnc2n4c31.[Ir].[c-]1ccccc1-n1cccn1. The number of rotatable bonds is 1. The number of hydrogen-bond acceptors (Lipinski definition) is 3. The van der Waals surface area contributed by atoms with Gasteiger partial charge in [0.1, 0.15) is 5.95 Å². The van der Waals surface area contributed by atoms with Crippen LogP contribution < -0.4 is 0 Å². The van der Waals surface area contributed by atoms with Crippen LogP contribution >= 0.6 is 0 Å². The van der Waals surface area contributed by atoms with E-state index >= 15 is 0 Å². The molecule has 0 aliphatic rings. The first-order chi connectivity index (χ1) is 17.3. The first kappa shape index (κ1) is 22.3. The predicted octanol–water partition coefficient (Wildman–Crippen LogP) is 6.39. The van der Waals surface area contributed by atoms with E-state index in [9.17, 15) is 4.39 Å². The van der Waals surface area contributed by atoms with Crippen molar-refractivity contribution >= 4 is 49.1 Å². The summed E-state index contributed by atoms with van der Waals surface area (Å²) in [7, 11) is 0. The number of benzene rings is 3. The zero-order valence-corrected chi connectivity index (χ0v) is 21.1. The molecular weight excluding hydrogens is 630 g/mol. The Morgan fingerprint density at radius 3 is 2.42 bits per heavy atom. The van der Waals surface area contributed by atoms with E-state index in [4.69, 9.17) is 0 Å². The monoisotopic (exact) mass is 646 g/mol. The Morgan fingerprint density at radius 1 is 0.806 bits per heavy atom. The van der Waals surface area contributed by atoms with Crippen molar-refractivity contribution in [3.63, 3.8) is 0 Å². The largest absolute Gasteiger partial charge is 0.333 e. The molecule has 0 aliphatic heterocycles. The van der Waals surface area contributed by atoms with Crippen LogP contribution in [0.4, 0.5) is 4.39 Å². The van der Waals surface area contributed by atoms with E-state index in [0.717, 1.165) is 49.3 Å². The van der Waals surface area contributed by atoms with Crippen LogP contribution in [0.15, 0.2) is 97.5 Å². The zero-order chi connectivity index (χ0) is 23.4. The molecule has 5 aromatic heterocycles. The van der Waals surface area contributed by atoms with E-state index in [1.807, 2.05) is 67.0 Å². The number of pyridine rings is 3. The molecule has 175 valence electrons. The van der Waals surface area contributed by atoms with Crippen molar-refractivity contribution in [2.24, 2.45) is 0 Å². The molecule has 5 heterocycles. The molecule has 36 heavy (non-hydrogen) atoms. The topological polar surface area (TPSA) is 48.0 Å². The molecular formula is C29H16FIrN5-2. The molecule has 0 bridgehead atoms. The minimum absolute atomic E-state index is 0. The van der Waals surface area contributed by atoms with Crippen LogP contribution in [0, 0.1) is 18.1 Å². The Labute approximate surface area is 218 Å². The maximum absolute atomic E-state index is 13.8. The molecule has 0 spiro atoms. The van der Waals surface area contributed by atoms with Crippen molar-refractivity contribution in [1.29, 1.82) is 0 Å². The van der Waals surface area contributed by atoms with Gasteiger partial charge in [-0.15, -0.1) is 12.1 Å². The first-order valence-corrected chi connectivity index (χ1v) is 11.2. The summed E-state index contributed by atoms with van der Waals surface area (Å²) in [6.45, 7) is 0. The van der Waals surface area contributed by atoms with Crippen molar-refractivity contribution < 1.29 is 24.5 Å². The summed E-state index contributed by atoms with van der Waals surface area (Å²) in [5.74, 6) is -0.525. The summed E-state index contributed by atoms with van der Waals surface area (Å²) in [5, 5.41) is 9.16. The van der Waals surface area contributed by atoms with Crippen LogP contribution in [-0.4, -0.2) is 24.1 Å². The van der Waals surface area contributed by atoms with Crippen LogP contribution in [0.25, 0.3) is 54.8 Å². The van der Waals surface area contributed by atoms with E-state index in [1.165, 1.54) is 6.07 Å².